The average Bonchev–Trinajstić information content (AvgIpc) is 2.65. The smallest absolute Gasteiger partial charge is 0.143 e. The Labute approximate surface area is 173 Å². The van der Waals surface area contributed by atoms with Gasteiger partial charge < -0.3 is 20.3 Å². The summed E-state index contributed by atoms with van der Waals surface area (Å²) in [6.07, 6.45) is 1.01. The first-order valence-electron chi connectivity index (χ1n) is 9.38. The zero-order valence-electron chi connectivity index (χ0n) is 15.7. The van der Waals surface area contributed by atoms with Crippen LogP contribution in [0.4, 0.5) is 5.82 Å². The highest BCUT2D eigenvalue weighted by Crippen LogP contribution is 2.37. The molecule has 1 aromatic heterocycles. The van der Waals surface area contributed by atoms with Gasteiger partial charge in [0, 0.05) is 30.1 Å². The average molecular weight is 408 g/mol. The maximum absolute atomic E-state index is 9.82. The van der Waals surface area contributed by atoms with Crippen molar-refractivity contribution in [1.82, 2.24) is 4.98 Å². The molecule has 2 fully saturated rings. The summed E-state index contributed by atoms with van der Waals surface area (Å²) in [5.41, 5.74) is 7.82. The molecule has 3 N–H and O–H groups in total. The highest BCUT2D eigenvalue weighted by molar-refractivity contribution is 7.99. The number of pyridine rings is 1. The van der Waals surface area contributed by atoms with Gasteiger partial charge in [-0.3, -0.25) is 0 Å². The maximum atomic E-state index is 9.82. The molecule has 1 saturated heterocycles. The predicted octanol–water partition coefficient (Wildman–Crippen LogP) is 2.71. The molecule has 29 heavy (non-hydrogen) atoms. The molecular formula is C21H20N4O3S. The number of rotatable bonds is 6. The Balaban J connectivity index is 1.64. The second-order valence-corrected chi connectivity index (χ2v) is 8.26. The fourth-order valence-electron chi connectivity index (χ4n) is 3.30. The van der Waals surface area contributed by atoms with Crippen molar-refractivity contribution in [3.63, 3.8) is 0 Å². The van der Waals surface area contributed by atoms with Crippen molar-refractivity contribution in [2.45, 2.75) is 30.1 Å². The maximum Gasteiger partial charge on any atom is 0.143 e. The predicted molar refractivity (Wildman–Crippen MR) is 108 cm³/mol. The molecule has 0 spiro atoms. The normalized spacial score (nSPS) is 20.8. The van der Waals surface area contributed by atoms with Crippen LogP contribution >= 0.6 is 11.8 Å². The first kappa shape index (κ1) is 19.5. The summed E-state index contributed by atoms with van der Waals surface area (Å²) in [6.45, 7) is 1.43. The first-order valence-corrected chi connectivity index (χ1v) is 10.4. The van der Waals surface area contributed by atoms with Crippen LogP contribution in [0.25, 0.3) is 11.1 Å². The Morgan fingerprint density at radius 1 is 1.17 bits per heavy atom. The minimum Gasteiger partial charge on any atom is -0.490 e. The SMILES string of the molecule is N#Cc1c(N)nc(SCC2COC2)c(C#N)c1-c1ccc(O[C@H]2C[C@H](O)C2)cc1. The Kier molecular flexibility index (Phi) is 5.59. The van der Waals surface area contributed by atoms with E-state index in [1.165, 1.54) is 11.8 Å². The second kappa shape index (κ2) is 8.30. The van der Waals surface area contributed by atoms with Gasteiger partial charge in [0.15, 0.2) is 0 Å². The molecule has 1 aliphatic heterocycles. The third-order valence-corrected chi connectivity index (χ3v) is 6.30. The number of benzene rings is 1. The van der Waals surface area contributed by atoms with E-state index in [4.69, 9.17) is 15.2 Å². The minimum absolute atomic E-state index is 0.0234. The number of nitrogens with two attached hydrogens (primary N) is 1. The highest BCUT2D eigenvalue weighted by Gasteiger charge is 2.29. The quantitative estimate of drug-likeness (QED) is 0.699. The lowest BCUT2D eigenvalue weighted by molar-refractivity contribution is -0.0196. The van der Waals surface area contributed by atoms with Gasteiger partial charge in [-0.1, -0.05) is 12.1 Å². The Morgan fingerprint density at radius 3 is 2.41 bits per heavy atom. The van der Waals surface area contributed by atoms with Crippen LogP contribution in [0.3, 0.4) is 0 Å². The number of anilines is 1. The lowest BCUT2D eigenvalue weighted by atomic mass is 9.92. The molecule has 0 bridgehead atoms. The molecule has 1 saturated carbocycles. The number of ether oxygens (including phenoxy) is 2. The third-order valence-electron chi connectivity index (χ3n) is 5.09. The number of aliphatic hydroxyl groups excluding tert-OH is 1. The summed E-state index contributed by atoms with van der Waals surface area (Å²) in [5.74, 6) is 2.03. The molecule has 0 atom stereocenters. The number of hydrogen-bond acceptors (Lipinski definition) is 8. The number of nitriles is 2. The topological polar surface area (TPSA) is 125 Å². The van der Waals surface area contributed by atoms with Crippen LogP contribution in [0.5, 0.6) is 5.75 Å². The first-order chi connectivity index (χ1) is 14.1. The number of aromatic nitrogens is 1. The van der Waals surface area contributed by atoms with Gasteiger partial charge in [0.1, 0.15) is 40.4 Å². The molecule has 7 nitrogen and oxygen atoms in total. The van der Waals surface area contributed by atoms with Crippen molar-refractivity contribution in [3.05, 3.63) is 35.4 Å². The zero-order chi connectivity index (χ0) is 20.4. The van der Waals surface area contributed by atoms with E-state index in [0.29, 0.717) is 59.4 Å². The molecule has 2 aliphatic rings. The van der Waals surface area contributed by atoms with Crippen LogP contribution in [0.2, 0.25) is 0 Å². The molecule has 1 aromatic carbocycles. The van der Waals surface area contributed by atoms with Gasteiger partial charge in [0.2, 0.25) is 0 Å². The molecular weight excluding hydrogens is 388 g/mol. The van der Waals surface area contributed by atoms with Crippen molar-refractivity contribution >= 4 is 17.6 Å². The second-order valence-electron chi connectivity index (χ2n) is 7.25. The van der Waals surface area contributed by atoms with Gasteiger partial charge in [0.05, 0.1) is 24.9 Å². The van der Waals surface area contributed by atoms with Crippen LogP contribution in [0, 0.1) is 28.6 Å². The minimum atomic E-state index is -0.280. The fraction of sp³-hybridized carbons (Fsp3) is 0.381. The molecule has 1 aliphatic carbocycles. The molecule has 4 rings (SSSR count). The van der Waals surface area contributed by atoms with Gasteiger partial charge >= 0.3 is 0 Å². The van der Waals surface area contributed by atoms with E-state index in [0.717, 1.165) is 5.75 Å². The molecule has 2 heterocycles. The number of thioether (sulfide) groups is 1. The van der Waals surface area contributed by atoms with E-state index in [2.05, 4.69) is 17.1 Å². The van der Waals surface area contributed by atoms with Crippen molar-refractivity contribution in [2.75, 3.05) is 24.7 Å². The standard InChI is InChI=1S/C21H20N4O3S/c22-7-17-19(13-1-3-15(4-2-13)28-16-5-14(26)6-16)18(8-23)21(25-20(17)24)29-11-12-9-27-10-12/h1-4,12,14,16,26H,5-6,9-11H2,(H2,24,25)/t14-,16-. The lowest BCUT2D eigenvalue weighted by Gasteiger charge is -2.31. The van der Waals surface area contributed by atoms with Gasteiger partial charge in [-0.05, 0) is 17.7 Å². The summed E-state index contributed by atoms with van der Waals surface area (Å²) < 4.78 is 11.0. The van der Waals surface area contributed by atoms with E-state index in [1.807, 2.05) is 12.1 Å². The Morgan fingerprint density at radius 2 is 1.86 bits per heavy atom. The Hall–Kier alpha value is -2.78. The molecule has 0 unspecified atom stereocenters. The van der Waals surface area contributed by atoms with Crippen LogP contribution in [-0.4, -0.2) is 41.3 Å². The summed E-state index contributed by atoms with van der Waals surface area (Å²) in [6, 6.07) is 11.5. The van der Waals surface area contributed by atoms with Crippen LogP contribution in [0.15, 0.2) is 29.3 Å². The van der Waals surface area contributed by atoms with Gasteiger partial charge in [-0.25, -0.2) is 4.98 Å². The number of nitrogens with zero attached hydrogens (tertiary/aromatic N) is 3. The summed E-state index contributed by atoms with van der Waals surface area (Å²) in [4.78, 5) is 4.32. The summed E-state index contributed by atoms with van der Waals surface area (Å²) >= 11 is 1.47. The van der Waals surface area contributed by atoms with Crippen molar-refractivity contribution < 1.29 is 14.6 Å². The number of aliphatic hydroxyl groups is 1. The van der Waals surface area contributed by atoms with E-state index < -0.39 is 0 Å². The van der Waals surface area contributed by atoms with E-state index in [-0.39, 0.29) is 23.6 Å². The molecule has 2 aromatic rings. The molecule has 8 heteroatoms. The van der Waals surface area contributed by atoms with Crippen molar-refractivity contribution in [1.29, 1.82) is 10.5 Å². The van der Waals surface area contributed by atoms with E-state index in [9.17, 15) is 15.6 Å². The van der Waals surface area contributed by atoms with Crippen LogP contribution in [-0.2, 0) is 4.74 Å². The number of hydrogen-bond donors (Lipinski definition) is 2. The van der Waals surface area contributed by atoms with Gasteiger partial charge in [-0.15, -0.1) is 11.8 Å². The highest BCUT2D eigenvalue weighted by atomic mass is 32.2. The monoisotopic (exact) mass is 408 g/mol. The molecule has 148 valence electrons. The molecule has 0 radical (unpaired) electrons. The largest absolute Gasteiger partial charge is 0.490 e. The van der Waals surface area contributed by atoms with E-state index in [1.54, 1.807) is 12.1 Å². The summed E-state index contributed by atoms with van der Waals surface area (Å²) in [7, 11) is 0. The Bertz CT molecular complexity index is 987. The van der Waals surface area contributed by atoms with Crippen LogP contribution in [0.1, 0.15) is 24.0 Å². The fourth-order valence-corrected chi connectivity index (χ4v) is 4.34. The number of nitrogen functional groups attached to an aromatic ring is 1. The zero-order valence-corrected chi connectivity index (χ0v) is 16.5. The van der Waals surface area contributed by atoms with E-state index >= 15 is 0 Å². The lowest BCUT2D eigenvalue weighted by Crippen LogP contribution is -2.37. The van der Waals surface area contributed by atoms with Crippen LogP contribution < -0.4 is 10.5 Å². The third kappa shape index (κ3) is 4.01. The summed E-state index contributed by atoms with van der Waals surface area (Å²) in [5, 5.41) is 29.4. The van der Waals surface area contributed by atoms with Crippen molar-refractivity contribution in [3.8, 4) is 29.0 Å². The van der Waals surface area contributed by atoms with Gasteiger partial charge in [0.25, 0.3) is 0 Å². The van der Waals surface area contributed by atoms with Crippen molar-refractivity contribution in [2.24, 2.45) is 5.92 Å². The van der Waals surface area contributed by atoms with Gasteiger partial charge in [-0.2, -0.15) is 10.5 Å². The molecule has 0 amide bonds.